The van der Waals surface area contributed by atoms with Crippen molar-refractivity contribution in [2.75, 3.05) is 0 Å². The van der Waals surface area contributed by atoms with Gasteiger partial charge in [-0.1, -0.05) is 114 Å². The molecule has 0 heterocycles. The lowest BCUT2D eigenvalue weighted by atomic mass is 10.0. The maximum Gasteiger partial charge on any atom is 0.243 e. The fourth-order valence-electron chi connectivity index (χ4n) is 4.39. The predicted octanol–water partition coefficient (Wildman–Crippen LogP) is 6.54. The standard InChI is InChI=1S/C33H33ClN2O2/c1-25-12-14-28(15-13-25)23-35-33(38)31(22-27-10-6-3-7-11-27)36(24-29-16-19-30(34)20-17-29)32(37)21-18-26-8-4-2-5-9-26/h2-17,19-20,31H,18,21-24H2,1H3,(H,35,38). The van der Waals surface area contributed by atoms with Gasteiger partial charge >= 0.3 is 0 Å². The van der Waals surface area contributed by atoms with Gasteiger partial charge in [-0.3, -0.25) is 9.59 Å². The first-order valence-electron chi connectivity index (χ1n) is 12.9. The molecule has 0 saturated carbocycles. The van der Waals surface area contributed by atoms with Gasteiger partial charge in [-0.05, 0) is 47.7 Å². The monoisotopic (exact) mass is 524 g/mol. The summed E-state index contributed by atoms with van der Waals surface area (Å²) in [5.41, 5.74) is 5.20. The molecule has 0 fully saturated rings. The van der Waals surface area contributed by atoms with Gasteiger partial charge in [0.2, 0.25) is 11.8 Å². The van der Waals surface area contributed by atoms with Crippen molar-refractivity contribution in [2.24, 2.45) is 0 Å². The number of hydrogen-bond acceptors (Lipinski definition) is 2. The molecule has 4 aromatic rings. The van der Waals surface area contributed by atoms with Crippen LogP contribution in [-0.2, 0) is 35.5 Å². The summed E-state index contributed by atoms with van der Waals surface area (Å²) in [6.45, 7) is 2.76. The Kier molecular flexibility index (Phi) is 9.71. The van der Waals surface area contributed by atoms with E-state index in [1.54, 1.807) is 4.90 Å². The average molecular weight is 525 g/mol. The zero-order valence-corrected chi connectivity index (χ0v) is 22.4. The molecule has 0 spiro atoms. The summed E-state index contributed by atoms with van der Waals surface area (Å²) in [5, 5.41) is 3.72. The van der Waals surface area contributed by atoms with Gasteiger partial charge in [0.1, 0.15) is 6.04 Å². The molecule has 4 rings (SSSR count). The van der Waals surface area contributed by atoms with E-state index in [4.69, 9.17) is 11.6 Å². The Bertz CT molecular complexity index is 1310. The third-order valence-corrected chi connectivity index (χ3v) is 6.85. The normalized spacial score (nSPS) is 11.5. The van der Waals surface area contributed by atoms with Gasteiger partial charge in [0, 0.05) is 31.0 Å². The number of halogens is 1. The fraction of sp³-hybridized carbons (Fsp3) is 0.212. The average Bonchev–Trinajstić information content (AvgIpc) is 2.95. The highest BCUT2D eigenvalue weighted by atomic mass is 35.5. The number of carbonyl (C=O) groups excluding carboxylic acids is 2. The molecule has 194 valence electrons. The number of nitrogens with one attached hydrogen (secondary N) is 1. The number of benzene rings is 4. The van der Waals surface area contributed by atoms with Gasteiger partial charge in [0.15, 0.2) is 0 Å². The molecule has 0 bridgehead atoms. The van der Waals surface area contributed by atoms with E-state index < -0.39 is 6.04 Å². The topological polar surface area (TPSA) is 49.4 Å². The smallest absolute Gasteiger partial charge is 0.243 e. The van der Waals surface area contributed by atoms with Crippen LogP contribution in [0.4, 0.5) is 0 Å². The van der Waals surface area contributed by atoms with Crippen molar-refractivity contribution < 1.29 is 9.59 Å². The lowest BCUT2D eigenvalue weighted by molar-refractivity contribution is -0.141. The van der Waals surface area contributed by atoms with Crippen molar-refractivity contribution >= 4 is 23.4 Å². The Labute approximate surface area is 230 Å². The highest BCUT2D eigenvalue weighted by Gasteiger charge is 2.30. The Balaban J connectivity index is 1.60. The van der Waals surface area contributed by atoms with Crippen molar-refractivity contribution in [1.82, 2.24) is 10.2 Å². The van der Waals surface area contributed by atoms with Crippen LogP contribution in [0.25, 0.3) is 0 Å². The maximum absolute atomic E-state index is 13.8. The molecule has 1 atom stereocenters. The molecule has 38 heavy (non-hydrogen) atoms. The Morgan fingerprint density at radius 1 is 0.737 bits per heavy atom. The first kappa shape index (κ1) is 27.2. The summed E-state index contributed by atoms with van der Waals surface area (Å²) >= 11 is 6.11. The number of carbonyl (C=O) groups is 2. The Hall–Kier alpha value is -3.89. The van der Waals surface area contributed by atoms with E-state index in [1.807, 2.05) is 116 Å². The van der Waals surface area contributed by atoms with E-state index in [1.165, 1.54) is 5.56 Å². The minimum atomic E-state index is -0.665. The van der Waals surface area contributed by atoms with Crippen molar-refractivity contribution in [1.29, 1.82) is 0 Å². The van der Waals surface area contributed by atoms with Gasteiger partial charge in [-0.25, -0.2) is 0 Å². The van der Waals surface area contributed by atoms with Crippen LogP contribution in [0.5, 0.6) is 0 Å². The van der Waals surface area contributed by atoms with Crippen molar-refractivity contribution in [3.63, 3.8) is 0 Å². The summed E-state index contributed by atoms with van der Waals surface area (Å²) in [4.78, 5) is 29.2. The van der Waals surface area contributed by atoms with E-state index in [2.05, 4.69) is 5.32 Å². The van der Waals surface area contributed by atoms with Crippen LogP contribution in [0.15, 0.2) is 109 Å². The number of rotatable bonds is 11. The second-order valence-electron chi connectivity index (χ2n) is 9.54. The first-order valence-corrected chi connectivity index (χ1v) is 13.3. The molecule has 1 N–H and O–H groups in total. The van der Waals surface area contributed by atoms with Crippen LogP contribution in [0.1, 0.15) is 34.2 Å². The maximum atomic E-state index is 13.8. The Morgan fingerprint density at radius 2 is 1.32 bits per heavy atom. The van der Waals surface area contributed by atoms with Gasteiger partial charge in [0.05, 0.1) is 0 Å². The third kappa shape index (κ3) is 8.06. The van der Waals surface area contributed by atoms with Gasteiger partial charge in [-0.2, -0.15) is 0 Å². The highest BCUT2D eigenvalue weighted by Crippen LogP contribution is 2.19. The van der Waals surface area contributed by atoms with Crippen LogP contribution in [0.3, 0.4) is 0 Å². The van der Waals surface area contributed by atoms with Gasteiger partial charge < -0.3 is 10.2 Å². The second-order valence-corrected chi connectivity index (χ2v) is 9.98. The summed E-state index contributed by atoms with van der Waals surface area (Å²) in [6, 6.07) is 34.7. The highest BCUT2D eigenvalue weighted by molar-refractivity contribution is 6.30. The lowest BCUT2D eigenvalue weighted by Crippen LogP contribution is -2.50. The number of amides is 2. The zero-order valence-electron chi connectivity index (χ0n) is 21.6. The minimum absolute atomic E-state index is 0.0600. The largest absolute Gasteiger partial charge is 0.350 e. The number of nitrogens with zero attached hydrogens (tertiary/aromatic N) is 1. The third-order valence-electron chi connectivity index (χ3n) is 6.59. The second kappa shape index (κ2) is 13.6. The van der Waals surface area contributed by atoms with Crippen LogP contribution in [0.2, 0.25) is 5.02 Å². The quantitative estimate of drug-likeness (QED) is 0.242. The van der Waals surface area contributed by atoms with E-state index >= 15 is 0 Å². The van der Waals surface area contributed by atoms with E-state index in [0.29, 0.717) is 37.4 Å². The van der Waals surface area contributed by atoms with Gasteiger partial charge in [-0.15, -0.1) is 0 Å². The van der Waals surface area contributed by atoms with E-state index in [-0.39, 0.29) is 11.8 Å². The Morgan fingerprint density at radius 3 is 1.95 bits per heavy atom. The van der Waals surface area contributed by atoms with Crippen LogP contribution in [0, 0.1) is 6.92 Å². The molecule has 1 unspecified atom stereocenters. The lowest BCUT2D eigenvalue weighted by Gasteiger charge is -2.32. The van der Waals surface area contributed by atoms with Crippen LogP contribution >= 0.6 is 11.6 Å². The molecular formula is C33H33ClN2O2. The van der Waals surface area contributed by atoms with E-state index in [0.717, 1.165) is 22.3 Å². The number of hydrogen-bond donors (Lipinski definition) is 1. The first-order chi connectivity index (χ1) is 18.5. The summed E-state index contributed by atoms with van der Waals surface area (Å²) in [7, 11) is 0. The molecule has 5 heteroatoms. The fourth-order valence-corrected chi connectivity index (χ4v) is 4.52. The molecule has 4 nitrogen and oxygen atoms in total. The molecule has 2 amide bonds. The summed E-state index contributed by atoms with van der Waals surface area (Å²) in [5.74, 6) is -0.230. The van der Waals surface area contributed by atoms with Crippen molar-refractivity contribution in [2.45, 2.75) is 45.3 Å². The summed E-state index contributed by atoms with van der Waals surface area (Å²) < 4.78 is 0. The minimum Gasteiger partial charge on any atom is -0.350 e. The predicted molar refractivity (Wildman–Crippen MR) is 154 cm³/mol. The molecule has 0 aliphatic rings. The number of aryl methyl sites for hydroxylation is 2. The van der Waals surface area contributed by atoms with Crippen LogP contribution < -0.4 is 5.32 Å². The zero-order chi connectivity index (χ0) is 26.7. The molecule has 0 saturated heterocycles. The molecule has 4 aromatic carbocycles. The summed E-state index contributed by atoms with van der Waals surface area (Å²) in [6.07, 6.45) is 1.35. The van der Waals surface area contributed by atoms with E-state index in [9.17, 15) is 9.59 Å². The molecule has 0 radical (unpaired) electrons. The van der Waals surface area contributed by atoms with Gasteiger partial charge in [0.25, 0.3) is 0 Å². The molecule has 0 aliphatic heterocycles. The van der Waals surface area contributed by atoms with Crippen molar-refractivity contribution in [3.8, 4) is 0 Å². The SMILES string of the molecule is Cc1ccc(CNC(=O)C(Cc2ccccc2)N(Cc2ccc(Cl)cc2)C(=O)CCc2ccccc2)cc1. The molecule has 0 aliphatic carbocycles. The molecule has 0 aromatic heterocycles. The van der Waals surface area contributed by atoms with Crippen LogP contribution in [-0.4, -0.2) is 22.8 Å². The van der Waals surface area contributed by atoms with Crippen molar-refractivity contribution in [3.05, 3.63) is 142 Å². The molecular weight excluding hydrogens is 492 g/mol.